The summed E-state index contributed by atoms with van der Waals surface area (Å²) in [5, 5.41) is 16.3. The van der Waals surface area contributed by atoms with Gasteiger partial charge in [-0.1, -0.05) is 50.6 Å². The zero-order chi connectivity index (χ0) is 22.0. The van der Waals surface area contributed by atoms with Crippen molar-refractivity contribution in [3.63, 3.8) is 0 Å². The second-order valence-electron chi connectivity index (χ2n) is 7.01. The highest BCUT2D eigenvalue weighted by Crippen LogP contribution is 2.05. The van der Waals surface area contributed by atoms with E-state index >= 15 is 0 Å². The molecule has 29 heavy (non-hydrogen) atoms. The van der Waals surface area contributed by atoms with E-state index in [1.807, 2.05) is 19.9 Å². The van der Waals surface area contributed by atoms with Gasteiger partial charge in [0.1, 0.15) is 12.1 Å². The van der Waals surface area contributed by atoms with Gasteiger partial charge in [-0.15, -0.1) is 0 Å². The fourth-order valence-electron chi connectivity index (χ4n) is 2.48. The fourth-order valence-corrected chi connectivity index (χ4v) is 2.48. The van der Waals surface area contributed by atoms with Crippen LogP contribution in [-0.4, -0.2) is 53.5 Å². The first-order chi connectivity index (χ1) is 13.6. The molecule has 6 N–H and O–H groups in total. The number of carboxylic acid groups (broad SMARTS) is 1. The van der Waals surface area contributed by atoms with Crippen LogP contribution in [0.15, 0.2) is 30.3 Å². The van der Waals surface area contributed by atoms with E-state index in [1.165, 1.54) is 6.92 Å². The molecule has 4 atom stereocenters. The Hall–Kier alpha value is -2.94. The highest BCUT2D eigenvalue weighted by atomic mass is 16.4. The van der Waals surface area contributed by atoms with Crippen molar-refractivity contribution >= 4 is 23.7 Å². The molecular formula is C20H30N4O5. The summed E-state index contributed by atoms with van der Waals surface area (Å²) in [6, 6.07) is 6.16. The molecule has 0 radical (unpaired) electrons. The van der Waals surface area contributed by atoms with Crippen LogP contribution in [0.4, 0.5) is 0 Å². The molecule has 0 heterocycles. The average Bonchev–Trinajstić information content (AvgIpc) is 2.70. The summed E-state index contributed by atoms with van der Waals surface area (Å²) in [5.41, 5.74) is 6.62. The van der Waals surface area contributed by atoms with Crippen LogP contribution in [-0.2, 0) is 25.6 Å². The van der Waals surface area contributed by atoms with Gasteiger partial charge >= 0.3 is 5.97 Å². The van der Waals surface area contributed by atoms with E-state index in [-0.39, 0.29) is 18.9 Å². The summed E-state index contributed by atoms with van der Waals surface area (Å²) in [7, 11) is 0. The lowest BCUT2D eigenvalue weighted by atomic mass is 9.99. The molecule has 0 spiro atoms. The van der Waals surface area contributed by atoms with E-state index in [2.05, 4.69) is 16.0 Å². The molecule has 0 bridgehead atoms. The Bertz CT molecular complexity index is 710. The number of carbonyl (C=O) groups is 4. The van der Waals surface area contributed by atoms with Crippen molar-refractivity contribution in [1.29, 1.82) is 0 Å². The monoisotopic (exact) mass is 406 g/mol. The lowest BCUT2D eigenvalue weighted by molar-refractivity contribution is -0.141. The van der Waals surface area contributed by atoms with Crippen LogP contribution in [0.25, 0.3) is 0 Å². The number of aliphatic carboxylic acids is 1. The van der Waals surface area contributed by atoms with Crippen molar-refractivity contribution in [2.45, 2.75) is 51.7 Å². The molecular weight excluding hydrogens is 376 g/mol. The molecule has 0 fully saturated rings. The Morgan fingerprint density at radius 1 is 1.03 bits per heavy atom. The normalized spacial score (nSPS) is 14.8. The minimum absolute atomic E-state index is 0.0350. The molecule has 1 rings (SSSR count). The SMILES string of the molecule is CC[C@H](C)[C@H](N)C(=O)NCC(=O)N[C@@H](Cc1ccccc1)C(=O)N[C@@H](C)C(=O)O. The molecule has 9 nitrogen and oxygen atoms in total. The van der Waals surface area contributed by atoms with Crippen LogP contribution < -0.4 is 21.7 Å². The molecule has 160 valence electrons. The number of carbonyl (C=O) groups excluding carboxylic acids is 3. The molecule has 0 aliphatic rings. The van der Waals surface area contributed by atoms with Gasteiger partial charge in [0.25, 0.3) is 0 Å². The Morgan fingerprint density at radius 3 is 2.21 bits per heavy atom. The maximum Gasteiger partial charge on any atom is 0.325 e. The van der Waals surface area contributed by atoms with E-state index in [1.54, 1.807) is 24.3 Å². The predicted octanol–water partition coefficient (Wildman–Crippen LogP) is -0.207. The highest BCUT2D eigenvalue weighted by molar-refractivity contribution is 5.92. The topological polar surface area (TPSA) is 151 Å². The summed E-state index contributed by atoms with van der Waals surface area (Å²) in [6.45, 7) is 4.75. The second kappa shape index (κ2) is 11.8. The lowest BCUT2D eigenvalue weighted by Crippen LogP contribution is -2.54. The number of nitrogens with one attached hydrogen (secondary N) is 3. The molecule has 0 saturated carbocycles. The number of hydrogen-bond acceptors (Lipinski definition) is 5. The molecule has 0 aliphatic heterocycles. The summed E-state index contributed by atoms with van der Waals surface area (Å²) in [5.74, 6) is -2.87. The Morgan fingerprint density at radius 2 is 1.66 bits per heavy atom. The number of carboxylic acids is 1. The minimum atomic E-state index is -1.19. The molecule has 0 unspecified atom stereocenters. The molecule has 0 aliphatic carbocycles. The third kappa shape index (κ3) is 8.30. The van der Waals surface area contributed by atoms with Gasteiger partial charge in [0.15, 0.2) is 0 Å². The molecule has 0 saturated heterocycles. The van der Waals surface area contributed by atoms with Crippen molar-refractivity contribution < 1.29 is 24.3 Å². The highest BCUT2D eigenvalue weighted by Gasteiger charge is 2.25. The summed E-state index contributed by atoms with van der Waals surface area (Å²) >= 11 is 0. The number of benzene rings is 1. The maximum absolute atomic E-state index is 12.5. The zero-order valence-corrected chi connectivity index (χ0v) is 17.0. The molecule has 3 amide bonds. The van der Waals surface area contributed by atoms with Gasteiger partial charge in [-0.3, -0.25) is 19.2 Å². The number of nitrogens with two attached hydrogens (primary N) is 1. The first-order valence-electron chi connectivity index (χ1n) is 9.55. The largest absolute Gasteiger partial charge is 0.480 e. The van der Waals surface area contributed by atoms with Crippen molar-refractivity contribution in [1.82, 2.24) is 16.0 Å². The van der Waals surface area contributed by atoms with Crippen LogP contribution in [0.3, 0.4) is 0 Å². The van der Waals surface area contributed by atoms with E-state index in [4.69, 9.17) is 10.8 Å². The van der Waals surface area contributed by atoms with Crippen molar-refractivity contribution in [3.05, 3.63) is 35.9 Å². The van der Waals surface area contributed by atoms with E-state index in [0.29, 0.717) is 0 Å². The van der Waals surface area contributed by atoms with Crippen LogP contribution in [0.2, 0.25) is 0 Å². The minimum Gasteiger partial charge on any atom is -0.480 e. The summed E-state index contributed by atoms with van der Waals surface area (Å²) < 4.78 is 0. The number of amides is 3. The Labute approximate surface area is 170 Å². The van der Waals surface area contributed by atoms with E-state index < -0.39 is 41.8 Å². The number of hydrogen-bond donors (Lipinski definition) is 5. The third-order valence-electron chi connectivity index (χ3n) is 4.65. The lowest BCUT2D eigenvalue weighted by Gasteiger charge is -2.21. The van der Waals surface area contributed by atoms with Gasteiger partial charge in [0, 0.05) is 6.42 Å². The van der Waals surface area contributed by atoms with Gasteiger partial charge in [-0.25, -0.2) is 0 Å². The van der Waals surface area contributed by atoms with Crippen LogP contribution in [0, 0.1) is 5.92 Å². The second-order valence-corrected chi connectivity index (χ2v) is 7.01. The van der Waals surface area contributed by atoms with Crippen molar-refractivity contribution in [3.8, 4) is 0 Å². The maximum atomic E-state index is 12.5. The van der Waals surface area contributed by atoms with Crippen LogP contribution in [0.5, 0.6) is 0 Å². The third-order valence-corrected chi connectivity index (χ3v) is 4.65. The van der Waals surface area contributed by atoms with Gasteiger partial charge in [0.05, 0.1) is 12.6 Å². The van der Waals surface area contributed by atoms with Gasteiger partial charge in [-0.05, 0) is 18.4 Å². The van der Waals surface area contributed by atoms with Crippen molar-refractivity contribution in [2.75, 3.05) is 6.54 Å². The number of rotatable bonds is 11. The average molecular weight is 406 g/mol. The van der Waals surface area contributed by atoms with E-state index in [0.717, 1.165) is 12.0 Å². The van der Waals surface area contributed by atoms with Gasteiger partial charge in [-0.2, -0.15) is 0 Å². The van der Waals surface area contributed by atoms with Gasteiger partial charge in [0.2, 0.25) is 17.7 Å². The Balaban J connectivity index is 2.74. The first kappa shape index (κ1) is 24.1. The molecule has 0 aromatic heterocycles. The zero-order valence-electron chi connectivity index (χ0n) is 17.0. The first-order valence-corrected chi connectivity index (χ1v) is 9.55. The molecule has 9 heteroatoms. The molecule has 1 aromatic rings. The summed E-state index contributed by atoms with van der Waals surface area (Å²) in [6.07, 6.45) is 0.896. The predicted molar refractivity (Wildman–Crippen MR) is 108 cm³/mol. The van der Waals surface area contributed by atoms with Crippen LogP contribution >= 0.6 is 0 Å². The smallest absolute Gasteiger partial charge is 0.325 e. The fraction of sp³-hybridized carbons (Fsp3) is 0.500. The van der Waals surface area contributed by atoms with Crippen molar-refractivity contribution in [2.24, 2.45) is 11.7 Å². The van der Waals surface area contributed by atoms with E-state index in [9.17, 15) is 19.2 Å². The Kier molecular flexibility index (Phi) is 9.81. The standard InChI is InChI=1S/C20H30N4O5/c1-4-12(2)17(21)19(27)22-11-16(25)24-15(10-14-8-6-5-7-9-14)18(26)23-13(3)20(28)29/h5-9,12-13,15,17H,4,10-11,21H2,1-3H3,(H,22,27)(H,23,26)(H,24,25)(H,28,29)/t12-,13-,15-,17-/m0/s1. The molecule has 1 aromatic carbocycles. The van der Waals surface area contributed by atoms with Gasteiger partial charge < -0.3 is 26.8 Å². The van der Waals surface area contributed by atoms with Crippen LogP contribution in [0.1, 0.15) is 32.8 Å². The quantitative estimate of drug-likeness (QED) is 0.343. The summed E-state index contributed by atoms with van der Waals surface area (Å²) in [4.78, 5) is 47.8.